The molecular formula is C24H23N7O. The van der Waals surface area contributed by atoms with E-state index in [9.17, 15) is 4.79 Å². The highest BCUT2D eigenvalue weighted by molar-refractivity contribution is 5.78. The highest BCUT2D eigenvalue weighted by atomic mass is 16.2. The van der Waals surface area contributed by atoms with E-state index in [1.807, 2.05) is 76.4 Å². The molecule has 0 N–H and O–H groups in total. The number of hydrogen-bond donors (Lipinski definition) is 0. The minimum atomic E-state index is 0.120. The fourth-order valence-electron chi connectivity index (χ4n) is 4.03. The number of amides is 1. The lowest BCUT2D eigenvalue weighted by molar-refractivity contribution is -0.130. The second-order valence-corrected chi connectivity index (χ2v) is 7.89. The molecule has 3 heterocycles. The van der Waals surface area contributed by atoms with Crippen molar-refractivity contribution in [3.05, 3.63) is 66.9 Å². The van der Waals surface area contributed by atoms with Gasteiger partial charge in [-0.05, 0) is 12.8 Å². The van der Waals surface area contributed by atoms with Crippen LogP contribution in [0.2, 0.25) is 0 Å². The molecule has 0 radical (unpaired) electrons. The standard InChI is InChI=1S/C24H23N7O/c1-17(32)30-14-12-20(13-15-30)31-16-21(26-29-31)24-25-22(18-8-4-2-5-9-18)23(27-28-24)19-10-6-3-7-11-19/h2-11,16,20H,12-15H2,1H3. The maximum absolute atomic E-state index is 11.6. The Morgan fingerprint density at radius 2 is 1.47 bits per heavy atom. The summed E-state index contributed by atoms with van der Waals surface area (Å²) in [5.74, 6) is 0.560. The van der Waals surface area contributed by atoms with Crippen molar-refractivity contribution in [1.82, 2.24) is 35.1 Å². The monoisotopic (exact) mass is 425 g/mol. The highest BCUT2D eigenvalue weighted by Gasteiger charge is 2.24. The van der Waals surface area contributed by atoms with E-state index in [4.69, 9.17) is 4.98 Å². The van der Waals surface area contributed by atoms with Gasteiger partial charge in [-0.2, -0.15) is 0 Å². The molecule has 8 nitrogen and oxygen atoms in total. The van der Waals surface area contributed by atoms with Crippen molar-refractivity contribution in [2.24, 2.45) is 0 Å². The topological polar surface area (TPSA) is 89.7 Å². The van der Waals surface area contributed by atoms with Crippen molar-refractivity contribution in [2.75, 3.05) is 13.1 Å². The molecule has 4 aromatic rings. The van der Waals surface area contributed by atoms with Crippen molar-refractivity contribution in [3.8, 4) is 34.0 Å². The van der Waals surface area contributed by atoms with Crippen LogP contribution < -0.4 is 0 Å². The molecule has 0 saturated carbocycles. The molecule has 2 aromatic heterocycles. The van der Waals surface area contributed by atoms with Crippen LogP contribution in [0.4, 0.5) is 0 Å². The van der Waals surface area contributed by atoms with Crippen LogP contribution in [-0.2, 0) is 4.79 Å². The molecule has 0 unspecified atom stereocenters. The average Bonchev–Trinajstić information content (AvgIpc) is 3.35. The Morgan fingerprint density at radius 3 is 2.09 bits per heavy atom. The summed E-state index contributed by atoms with van der Waals surface area (Å²) < 4.78 is 1.86. The van der Waals surface area contributed by atoms with Gasteiger partial charge in [-0.3, -0.25) is 4.79 Å². The summed E-state index contributed by atoms with van der Waals surface area (Å²) in [6.07, 6.45) is 3.58. The van der Waals surface area contributed by atoms with Gasteiger partial charge in [-0.25, -0.2) is 9.67 Å². The predicted octanol–water partition coefficient (Wildman–Crippen LogP) is 3.65. The van der Waals surface area contributed by atoms with Crippen molar-refractivity contribution < 1.29 is 4.79 Å². The van der Waals surface area contributed by atoms with E-state index >= 15 is 0 Å². The molecule has 0 aliphatic carbocycles. The number of benzene rings is 2. The molecular weight excluding hydrogens is 402 g/mol. The minimum Gasteiger partial charge on any atom is -0.343 e. The smallest absolute Gasteiger partial charge is 0.219 e. The van der Waals surface area contributed by atoms with Gasteiger partial charge in [-0.15, -0.1) is 15.3 Å². The molecule has 1 amide bonds. The maximum Gasteiger partial charge on any atom is 0.219 e. The number of nitrogens with zero attached hydrogens (tertiary/aromatic N) is 7. The molecule has 160 valence electrons. The second-order valence-electron chi connectivity index (χ2n) is 7.89. The predicted molar refractivity (Wildman–Crippen MR) is 120 cm³/mol. The minimum absolute atomic E-state index is 0.120. The summed E-state index contributed by atoms with van der Waals surface area (Å²) in [5.41, 5.74) is 3.99. The van der Waals surface area contributed by atoms with Crippen LogP contribution >= 0.6 is 0 Å². The molecule has 1 aliphatic heterocycles. The first-order valence-corrected chi connectivity index (χ1v) is 10.7. The van der Waals surface area contributed by atoms with E-state index in [-0.39, 0.29) is 11.9 Å². The Labute approximate surface area is 185 Å². The Kier molecular flexibility index (Phi) is 5.41. The Balaban J connectivity index is 1.47. The van der Waals surface area contributed by atoms with Gasteiger partial charge >= 0.3 is 0 Å². The first-order chi connectivity index (χ1) is 15.7. The summed E-state index contributed by atoms with van der Waals surface area (Å²) >= 11 is 0. The van der Waals surface area contributed by atoms with Crippen LogP contribution in [0, 0.1) is 0 Å². The first-order valence-electron chi connectivity index (χ1n) is 10.7. The number of piperidine rings is 1. The molecule has 1 fully saturated rings. The van der Waals surface area contributed by atoms with Crippen molar-refractivity contribution in [2.45, 2.75) is 25.8 Å². The zero-order chi connectivity index (χ0) is 21.9. The lowest BCUT2D eigenvalue weighted by atomic mass is 10.0. The second kappa shape index (κ2) is 8.66. The number of hydrogen-bond acceptors (Lipinski definition) is 6. The number of rotatable bonds is 4. The van der Waals surface area contributed by atoms with Gasteiger partial charge in [0, 0.05) is 31.1 Å². The zero-order valence-corrected chi connectivity index (χ0v) is 17.8. The van der Waals surface area contributed by atoms with Crippen molar-refractivity contribution >= 4 is 5.91 Å². The molecule has 32 heavy (non-hydrogen) atoms. The molecule has 8 heteroatoms. The van der Waals surface area contributed by atoms with E-state index < -0.39 is 0 Å². The fourth-order valence-corrected chi connectivity index (χ4v) is 4.03. The molecule has 0 bridgehead atoms. The largest absolute Gasteiger partial charge is 0.343 e. The Hall–Kier alpha value is -3.94. The molecule has 5 rings (SSSR count). The molecule has 1 saturated heterocycles. The lowest BCUT2D eigenvalue weighted by Crippen LogP contribution is -2.37. The SMILES string of the molecule is CC(=O)N1CCC(n2cc(-c3nnc(-c4ccccc4)c(-c4ccccc4)n3)nn2)CC1. The van der Waals surface area contributed by atoms with Crippen LogP contribution in [0.15, 0.2) is 66.9 Å². The highest BCUT2D eigenvalue weighted by Crippen LogP contribution is 2.30. The van der Waals surface area contributed by atoms with E-state index in [0.29, 0.717) is 11.5 Å². The van der Waals surface area contributed by atoms with E-state index in [1.165, 1.54) is 0 Å². The number of carbonyl (C=O) groups is 1. The summed E-state index contributed by atoms with van der Waals surface area (Å²) in [6.45, 7) is 3.08. The summed E-state index contributed by atoms with van der Waals surface area (Å²) in [7, 11) is 0. The van der Waals surface area contributed by atoms with Gasteiger partial charge in [0.15, 0.2) is 5.69 Å². The van der Waals surface area contributed by atoms with E-state index in [1.54, 1.807) is 6.92 Å². The quantitative estimate of drug-likeness (QED) is 0.496. The molecule has 0 atom stereocenters. The fraction of sp³-hybridized carbons (Fsp3) is 0.250. The normalized spacial score (nSPS) is 14.5. The summed E-state index contributed by atoms with van der Waals surface area (Å²) in [5, 5.41) is 17.5. The van der Waals surface area contributed by atoms with Crippen LogP contribution in [0.1, 0.15) is 25.8 Å². The molecule has 2 aromatic carbocycles. The van der Waals surface area contributed by atoms with Gasteiger partial charge in [0.25, 0.3) is 0 Å². The number of carbonyl (C=O) groups excluding carboxylic acids is 1. The third kappa shape index (κ3) is 3.99. The Bertz CT molecular complexity index is 1220. The van der Waals surface area contributed by atoms with Gasteiger partial charge < -0.3 is 4.90 Å². The number of aromatic nitrogens is 6. The van der Waals surface area contributed by atoms with Crippen LogP contribution in [0.5, 0.6) is 0 Å². The Morgan fingerprint density at radius 1 is 0.844 bits per heavy atom. The molecule has 1 aliphatic rings. The summed E-state index contributed by atoms with van der Waals surface area (Å²) in [6, 6.07) is 20.1. The maximum atomic E-state index is 11.6. The van der Waals surface area contributed by atoms with Crippen LogP contribution in [0.25, 0.3) is 34.0 Å². The van der Waals surface area contributed by atoms with Gasteiger partial charge in [0.2, 0.25) is 11.7 Å². The van der Waals surface area contributed by atoms with E-state index in [0.717, 1.165) is 48.4 Å². The third-order valence-electron chi connectivity index (χ3n) is 5.80. The van der Waals surface area contributed by atoms with Gasteiger partial charge in [0.1, 0.15) is 11.4 Å². The average molecular weight is 425 g/mol. The summed E-state index contributed by atoms with van der Waals surface area (Å²) in [4.78, 5) is 18.3. The van der Waals surface area contributed by atoms with Crippen molar-refractivity contribution in [3.63, 3.8) is 0 Å². The van der Waals surface area contributed by atoms with Crippen molar-refractivity contribution in [1.29, 1.82) is 0 Å². The van der Waals surface area contributed by atoms with Gasteiger partial charge in [-0.1, -0.05) is 65.9 Å². The van der Waals surface area contributed by atoms with Crippen LogP contribution in [0.3, 0.4) is 0 Å². The first kappa shape index (κ1) is 20.0. The van der Waals surface area contributed by atoms with E-state index in [2.05, 4.69) is 20.5 Å². The number of likely N-dealkylation sites (tertiary alicyclic amines) is 1. The zero-order valence-electron chi connectivity index (χ0n) is 17.8. The molecule has 0 spiro atoms. The van der Waals surface area contributed by atoms with Gasteiger partial charge in [0.05, 0.1) is 12.2 Å². The van der Waals surface area contributed by atoms with Crippen LogP contribution in [-0.4, -0.2) is 54.1 Å². The lowest BCUT2D eigenvalue weighted by Gasteiger charge is -2.30. The third-order valence-corrected chi connectivity index (χ3v) is 5.80.